The molecule has 2 aromatic rings. The molecule has 0 spiro atoms. The van der Waals surface area contributed by atoms with Gasteiger partial charge in [-0.2, -0.15) is 5.10 Å². The van der Waals surface area contributed by atoms with Gasteiger partial charge in [0.2, 0.25) is 0 Å². The lowest BCUT2D eigenvalue weighted by molar-refractivity contribution is -0.384. The van der Waals surface area contributed by atoms with Crippen LogP contribution in [0.3, 0.4) is 0 Å². The Morgan fingerprint density at radius 3 is 2.47 bits per heavy atom. The highest BCUT2D eigenvalue weighted by atomic mass is 32.2. The first-order chi connectivity index (χ1) is 8.99. The van der Waals surface area contributed by atoms with Crippen LogP contribution in [0.1, 0.15) is 0 Å². The van der Waals surface area contributed by atoms with Gasteiger partial charge in [-0.25, -0.2) is 8.42 Å². The van der Waals surface area contributed by atoms with E-state index in [1.807, 2.05) is 0 Å². The fourth-order valence-electron chi connectivity index (χ4n) is 1.54. The molecule has 0 bridgehead atoms. The third-order valence-corrected chi connectivity index (χ3v) is 4.27. The average molecular weight is 281 g/mol. The maximum atomic E-state index is 12.0. The number of aryl methyl sites for hydroxylation is 1. The standard InChI is InChI=1S/C11H11N3O4S/c15-14(16)10-2-4-11(5-3-10)19(17,18)9-8-13-7-1-6-12-13/h1-7H,8-9H2. The Labute approximate surface area is 109 Å². The molecule has 1 heterocycles. The molecule has 0 amide bonds. The summed E-state index contributed by atoms with van der Waals surface area (Å²) in [5.74, 6) is -0.105. The van der Waals surface area contributed by atoms with Gasteiger partial charge in [0.15, 0.2) is 9.84 Å². The van der Waals surface area contributed by atoms with Crippen LogP contribution in [-0.4, -0.2) is 28.9 Å². The summed E-state index contributed by atoms with van der Waals surface area (Å²) < 4.78 is 25.5. The lowest BCUT2D eigenvalue weighted by atomic mass is 10.3. The monoisotopic (exact) mass is 281 g/mol. The van der Waals surface area contributed by atoms with E-state index in [0.717, 1.165) is 0 Å². The molecule has 1 aromatic carbocycles. The lowest BCUT2D eigenvalue weighted by Crippen LogP contribution is -2.13. The SMILES string of the molecule is O=[N+]([O-])c1ccc(S(=O)(=O)CCn2cccn2)cc1. The largest absolute Gasteiger partial charge is 0.272 e. The van der Waals surface area contributed by atoms with Crippen molar-refractivity contribution in [2.45, 2.75) is 11.4 Å². The summed E-state index contributed by atoms with van der Waals surface area (Å²) in [6.07, 6.45) is 3.24. The Kier molecular flexibility index (Phi) is 3.61. The van der Waals surface area contributed by atoms with Crippen molar-refractivity contribution in [3.05, 3.63) is 52.8 Å². The molecular formula is C11H11N3O4S. The summed E-state index contributed by atoms with van der Waals surface area (Å²) >= 11 is 0. The number of nitrogens with zero attached hydrogens (tertiary/aromatic N) is 3. The summed E-state index contributed by atoms with van der Waals surface area (Å²) in [5.41, 5.74) is -0.133. The summed E-state index contributed by atoms with van der Waals surface area (Å²) in [6.45, 7) is 0.242. The molecule has 0 atom stereocenters. The molecule has 0 unspecified atom stereocenters. The first kappa shape index (κ1) is 13.2. The number of non-ortho nitro benzene ring substituents is 1. The van der Waals surface area contributed by atoms with E-state index < -0.39 is 14.8 Å². The second-order valence-corrected chi connectivity index (χ2v) is 5.95. The zero-order chi connectivity index (χ0) is 13.9. The van der Waals surface area contributed by atoms with E-state index in [1.54, 1.807) is 18.5 Å². The molecule has 0 saturated heterocycles. The molecule has 8 heteroatoms. The predicted octanol–water partition coefficient (Wildman–Crippen LogP) is 1.27. The molecule has 1 aromatic heterocycles. The molecule has 0 aliphatic carbocycles. The number of sulfone groups is 1. The van der Waals surface area contributed by atoms with Crippen molar-refractivity contribution in [3.63, 3.8) is 0 Å². The number of nitro benzene ring substituents is 1. The van der Waals surface area contributed by atoms with Crippen molar-refractivity contribution in [2.24, 2.45) is 0 Å². The fraction of sp³-hybridized carbons (Fsp3) is 0.182. The molecule has 0 N–H and O–H groups in total. The van der Waals surface area contributed by atoms with Crippen molar-refractivity contribution < 1.29 is 13.3 Å². The number of aromatic nitrogens is 2. The third kappa shape index (κ3) is 3.16. The van der Waals surface area contributed by atoms with E-state index in [0.29, 0.717) is 0 Å². The van der Waals surface area contributed by atoms with Crippen LogP contribution in [0.4, 0.5) is 5.69 Å². The van der Waals surface area contributed by atoms with Gasteiger partial charge in [0.1, 0.15) is 0 Å². The molecular weight excluding hydrogens is 270 g/mol. The van der Waals surface area contributed by atoms with Crippen LogP contribution in [0.5, 0.6) is 0 Å². The van der Waals surface area contributed by atoms with Crippen molar-refractivity contribution >= 4 is 15.5 Å². The smallest absolute Gasteiger partial charge is 0.269 e. The molecule has 0 aliphatic rings. The fourth-order valence-corrected chi connectivity index (χ4v) is 2.75. The van der Waals surface area contributed by atoms with Crippen molar-refractivity contribution in [2.75, 3.05) is 5.75 Å². The Morgan fingerprint density at radius 1 is 1.26 bits per heavy atom. The van der Waals surface area contributed by atoms with E-state index in [9.17, 15) is 18.5 Å². The normalized spacial score (nSPS) is 11.4. The maximum Gasteiger partial charge on any atom is 0.269 e. The Hall–Kier alpha value is -2.22. The van der Waals surface area contributed by atoms with Crippen LogP contribution >= 0.6 is 0 Å². The van der Waals surface area contributed by atoms with Crippen molar-refractivity contribution in [1.82, 2.24) is 9.78 Å². The summed E-state index contributed by atoms with van der Waals surface area (Å²) in [7, 11) is -3.46. The molecule has 0 aliphatic heterocycles. The molecule has 0 saturated carbocycles. The first-order valence-corrected chi connectivity index (χ1v) is 7.09. The highest BCUT2D eigenvalue weighted by molar-refractivity contribution is 7.91. The Bertz CT molecular complexity index is 662. The third-order valence-electron chi connectivity index (χ3n) is 2.55. The molecule has 100 valence electrons. The maximum absolute atomic E-state index is 12.0. The van der Waals surface area contributed by atoms with Crippen LogP contribution in [0.2, 0.25) is 0 Å². The molecule has 19 heavy (non-hydrogen) atoms. The van der Waals surface area contributed by atoms with Gasteiger partial charge in [0.05, 0.1) is 22.1 Å². The van der Waals surface area contributed by atoms with Crippen molar-refractivity contribution in [3.8, 4) is 0 Å². The van der Waals surface area contributed by atoms with Crippen LogP contribution in [0.15, 0.2) is 47.6 Å². The second-order valence-electron chi connectivity index (χ2n) is 3.84. The predicted molar refractivity (Wildman–Crippen MR) is 67.4 cm³/mol. The van der Waals surface area contributed by atoms with Gasteiger partial charge in [-0.1, -0.05) is 0 Å². The van der Waals surface area contributed by atoms with E-state index >= 15 is 0 Å². The highest BCUT2D eigenvalue weighted by Crippen LogP contribution is 2.17. The average Bonchev–Trinajstić information content (AvgIpc) is 2.90. The van der Waals surface area contributed by atoms with Gasteiger partial charge in [-0.15, -0.1) is 0 Å². The number of benzene rings is 1. The minimum absolute atomic E-state index is 0.0743. The molecule has 2 rings (SSSR count). The zero-order valence-electron chi connectivity index (χ0n) is 9.84. The topological polar surface area (TPSA) is 95.1 Å². The van der Waals surface area contributed by atoms with Gasteiger partial charge in [-0.05, 0) is 18.2 Å². The Balaban J connectivity index is 2.13. The number of hydrogen-bond acceptors (Lipinski definition) is 5. The summed E-state index contributed by atoms with van der Waals surface area (Å²) in [5, 5.41) is 14.4. The van der Waals surface area contributed by atoms with E-state index in [1.165, 1.54) is 28.9 Å². The van der Waals surface area contributed by atoms with E-state index in [4.69, 9.17) is 0 Å². The van der Waals surface area contributed by atoms with Gasteiger partial charge in [0.25, 0.3) is 5.69 Å². The number of rotatable bonds is 5. The van der Waals surface area contributed by atoms with Gasteiger partial charge < -0.3 is 0 Å². The van der Waals surface area contributed by atoms with E-state index in [2.05, 4.69) is 5.10 Å². The summed E-state index contributed by atoms with van der Waals surface area (Å²) in [4.78, 5) is 9.99. The molecule has 0 fully saturated rings. The van der Waals surface area contributed by atoms with Gasteiger partial charge in [0, 0.05) is 24.5 Å². The minimum Gasteiger partial charge on any atom is -0.272 e. The number of nitro groups is 1. The van der Waals surface area contributed by atoms with Crippen LogP contribution in [0.25, 0.3) is 0 Å². The minimum atomic E-state index is -3.46. The van der Waals surface area contributed by atoms with Crippen molar-refractivity contribution in [1.29, 1.82) is 0 Å². The highest BCUT2D eigenvalue weighted by Gasteiger charge is 2.16. The first-order valence-electron chi connectivity index (χ1n) is 5.44. The molecule has 7 nitrogen and oxygen atoms in total. The van der Waals surface area contributed by atoms with Crippen LogP contribution < -0.4 is 0 Å². The quantitative estimate of drug-likeness (QED) is 0.607. The van der Waals surface area contributed by atoms with Gasteiger partial charge >= 0.3 is 0 Å². The number of hydrogen-bond donors (Lipinski definition) is 0. The zero-order valence-corrected chi connectivity index (χ0v) is 10.7. The Morgan fingerprint density at radius 2 is 1.95 bits per heavy atom. The van der Waals surface area contributed by atoms with Gasteiger partial charge in [-0.3, -0.25) is 14.8 Å². The second kappa shape index (κ2) is 5.19. The lowest BCUT2D eigenvalue weighted by Gasteiger charge is -2.04. The van der Waals surface area contributed by atoms with Crippen LogP contribution in [-0.2, 0) is 16.4 Å². The van der Waals surface area contributed by atoms with Crippen LogP contribution in [0, 0.1) is 10.1 Å². The van der Waals surface area contributed by atoms with E-state index in [-0.39, 0.29) is 22.9 Å². The summed E-state index contributed by atoms with van der Waals surface area (Å²) in [6, 6.07) is 6.56. The molecule has 0 radical (unpaired) electrons.